The van der Waals surface area contributed by atoms with Crippen LogP contribution in [0.2, 0.25) is 0 Å². The second-order valence-corrected chi connectivity index (χ2v) is 3.72. The number of nitrogens with one attached hydrogen (secondary N) is 1. The molecule has 1 N–H and O–H groups in total. The Balaban J connectivity index is 2.68. The molecular weight excluding hydrogens is 190 g/mol. The monoisotopic (exact) mass is 209 g/mol. The number of amides is 1. The smallest absolute Gasteiger partial charge is 0.225 e. The normalized spacial score (nSPS) is 12.5. The summed E-state index contributed by atoms with van der Waals surface area (Å²) in [6.45, 7) is 6.18. The first-order valence-electron chi connectivity index (χ1n) is 5.52. The van der Waals surface area contributed by atoms with Gasteiger partial charge < -0.3 is 5.32 Å². The molecule has 1 heterocycles. The van der Waals surface area contributed by atoms with Crippen molar-refractivity contribution in [2.24, 2.45) is 0 Å². The minimum Gasteiger partial charge on any atom is -0.311 e. The number of carbonyl (C=O) groups excluding carboxylic acids is 1. The van der Waals surface area contributed by atoms with Crippen LogP contribution in [0.25, 0.3) is 0 Å². The number of carbonyl (C=O) groups is 1. The van der Waals surface area contributed by atoms with Gasteiger partial charge in [-0.25, -0.2) is 4.68 Å². The molecule has 0 fully saturated rings. The molecule has 0 spiro atoms. The number of hydrogen-bond donors (Lipinski definition) is 1. The molecule has 0 aliphatic carbocycles. The van der Waals surface area contributed by atoms with Crippen LogP contribution < -0.4 is 5.32 Å². The van der Waals surface area contributed by atoms with Crippen molar-refractivity contribution in [1.29, 1.82) is 0 Å². The molecule has 15 heavy (non-hydrogen) atoms. The van der Waals surface area contributed by atoms with Crippen molar-refractivity contribution in [2.75, 3.05) is 5.32 Å². The molecule has 1 amide bonds. The molecule has 84 valence electrons. The van der Waals surface area contributed by atoms with Gasteiger partial charge in [-0.1, -0.05) is 13.8 Å². The van der Waals surface area contributed by atoms with Crippen molar-refractivity contribution < 1.29 is 4.79 Å². The Morgan fingerprint density at radius 2 is 2.33 bits per heavy atom. The van der Waals surface area contributed by atoms with Crippen molar-refractivity contribution in [2.45, 2.75) is 46.1 Å². The highest BCUT2D eigenvalue weighted by Crippen LogP contribution is 2.16. The van der Waals surface area contributed by atoms with Crippen LogP contribution in [0.4, 0.5) is 5.82 Å². The van der Waals surface area contributed by atoms with Crippen molar-refractivity contribution >= 4 is 11.7 Å². The van der Waals surface area contributed by atoms with E-state index in [1.54, 1.807) is 6.20 Å². The average Bonchev–Trinajstić information content (AvgIpc) is 2.65. The zero-order chi connectivity index (χ0) is 11.3. The maximum Gasteiger partial charge on any atom is 0.225 e. The van der Waals surface area contributed by atoms with Crippen LogP contribution in [-0.4, -0.2) is 15.7 Å². The van der Waals surface area contributed by atoms with Gasteiger partial charge in [0.05, 0.1) is 12.2 Å². The molecule has 0 aromatic carbocycles. The summed E-state index contributed by atoms with van der Waals surface area (Å²) in [4.78, 5) is 11.4. The lowest BCUT2D eigenvalue weighted by molar-refractivity contribution is -0.116. The zero-order valence-electron chi connectivity index (χ0n) is 9.66. The maximum atomic E-state index is 11.4. The SMILES string of the molecule is CCCC(=O)Nc1ccnn1C(C)CC. The fourth-order valence-electron chi connectivity index (χ4n) is 1.37. The third-order valence-electron chi connectivity index (χ3n) is 2.42. The third-order valence-corrected chi connectivity index (χ3v) is 2.42. The molecule has 1 atom stereocenters. The van der Waals surface area contributed by atoms with E-state index >= 15 is 0 Å². The fourth-order valence-corrected chi connectivity index (χ4v) is 1.37. The van der Waals surface area contributed by atoms with Crippen molar-refractivity contribution in [3.05, 3.63) is 12.3 Å². The number of nitrogens with zero attached hydrogens (tertiary/aromatic N) is 2. The molecular formula is C11H19N3O. The van der Waals surface area contributed by atoms with E-state index in [9.17, 15) is 4.79 Å². The van der Waals surface area contributed by atoms with Crippen molar-refractivity contribution in [3.63, 3.8) is 0 Å². The van der Waals surface area contributed by atoms with E-state index in [2.05, 4.69) is 24.3 Å². The van der Waals surface area contributed by atoms with Crippen molar-refractivity contribution in [1.82, 2.24) is 9.78 Å². The Morgan fingerprint density at radius 1 is 1.60 bits per heavy atom. The van der Waals surface area contributed by atoms with E-state index in [0.717, 1.165) is 18.7 Å². The molecule has 0 radical (unpaired) electrons. The molecule has 0 aliphatic heterocycles. The Morgan fingerprint density at radius 3 is 2.93 bits per heavy atom. The van der Waals surface area contributed by atoms with Gasteiger partial charge in [0.15, 0.2) is 0 Å². The first kappa shape index (κ1) is 11.8. The highest BCUT2D eigenvalue weighted by molar-refractivity contribution is 5.89. The lowest BCUT2D eigenvalue weighted by Crippen LogP contribution is -2.16. The van der Waals surface area contributed by atoms with Crippen LogP contribution in [0.1, 0.15) is 46.1 Å². The third kappa shape index (κ3) is 3.08. The average molecular weight is 209 g/mol. The molecule has 1 rings (SSSR count). The number of anilines is 1. The predicted molar refractivity (Wildman–Crippen MR) is 60.8 cm³/mol. The minimum atomic E-state index is 0.0579. The summed E-state index contributed by atoms with van der Waals surface area (Å²) in [5.74, 6) is 0.852. The second-order valence-electron chi connectivity index (χ2n) is 3.72. The summed E-state index contributed by atoms with van der Waals surface area (Å²) in [6, 6.07) is 2.15. The summed E-state index contributed by atoms with van der Waals surface area (Å²) in [5.41, 5.74) is 0. The molecule has 1 aromatic heterocycles. The van der Waals surface area contributed by atoms with Gasteiger partial charge in [-0.05, 0) is 19.8 Å². The second kappa shape index (κ2) is 5.53. The lowest BCUT2D eigenvalue weighted by Gasteiger charge is -2.13. The Kier molecular flexibility index (Phi) is 4.34. The molecule has 0 saturated heterocycles. The first-order valence-corrected chi connectivity index (χ1v) is 5.52. The van der Waals surface area contributed by atoms with Crippen molar-refractivity contribution in [3.8, 4) is 0 Å². The first-order chi connectivity index (χ1) is 7.19. The highest BCUT2D eigenvalue weighted by Gasteiger charge is 2.10. The molecule has 0 aliphatic rings. The Labute approximate surface area is 90.7 Å². The van der Waals surface area contributed by atoms with Crippen LogP contribution in [-0.2, 0) is 4.79 Å². The zero-order valence-corrected chi connectivity index (χ0v) is 9.66. The maximum absolute atomic E-state index is 11.4. The van der Waals surface area contributed by atoms with Crippen LogP contribution in [0, 0.1) is 0 Å². The van der Waals surface area contributed by atoms with E-state index in [1.807, 2.05) is 17.7 Å². The van der Waals surface area contributed by atoms with Gasteiger partial charge in [-0.2, -0.15) is 5.10 Å². The van der Waals surface area contributed by atoms with Crippen LogP contribution in [0.15, 0.2) is 12.3 Å². The van der Waals surface area contributed by atoms with E-state index in [4.69, 9.17) is 0 Å². The van der Waals surface area contributed by atoms with Gasteiger partial charge in [0.2, 0.25) is 5.91 Å². The summed E-state index contributed by atoms with van der Waals surface area (Å²) < 4.78 is 1.85. The Bertz CT molecular complexity index is 319. The van der Waals surface area contributed by atoms with Gasteiger partial charge in [0.25, 0.3) is 0 Å². The largest absolute Gasteiger partial charge is 0.311 e. The predicted octanol–water partition coefficient (Wildman–Crippen LogP) is 2.59. The summed E-state index contributed by atoms with van der Waals surface area (Å²) in [7, 11) is 0. The molecule has 1 aromatic rings. The fraction of sp³-hybridized carbons (Fsp3) is 0.636. The van der Waals surface area contributed by atoms with E-state index < -0.39 is 0 Å². The van der Waals surface area contributed by atoms with Gasteiger partial charge in [0, 0.05) is 12.5 Å². The molecule has 1 unspecified atom stereocenters. The minimum absolute atomic E-state index is 0.0579. The van der Waals surface area contributed by atoms with Crippen LogP contribution >= 0.6 is 0 Å². The molecule has 4 heteroatoms. The van der Waals surface area contributed by atoms with E-state index in [-0.39, 0.29) is 5.91 Å². The molecule has 4 nitrogen and oxygen atoms in total. The lowest BCUT2D eigenvalue weighted by atomic mass is 10.3. The molecule has 0 bridgehead atoms. The van der Waals surface area contributed by atoms with E-state index in [0.29, 0.717) is 12.5 Å². The van der Waals surface area contributed by atoms with E-state index in [1.165, 1.54) is 0 Å². The number of aromatic nitrogens is 2. The molecule has 0 saturated carbocycles. The quantitative estimate of drug-likeness (QED) is 0.810. The number of rotatable bonds is 5. The highest BCUT2D eigenvalue weighted by atomic mass is 16.1. The summed E-state index contributed by atoms with van der Waals surface area (Å²) >= 11 is 0. The van der Waals surface area contributed by atoms with Gasteiger partial charge in [-0.3, -0.25) is 4.79 Å². The Hall–Kier alpha value is -1.32. The van der Waals surface area contributed by atoms with Crippen LogP contribution in [0.5, 0.6) is 0 Å². The van der Waals surface area contributed by atoms with Crippen LogP contribution in [0.3, 0.4) is 0 Å². The summed E-state index contributed by atoms with van der Waals surface area (Å²) in [6.07, 6.45) is 4.14. The number of hydrogen-bond acceptors (Lipinski definition) is 2. The standard InChI is InChI=1S/C11H19N3O/c1-4-6-11(15)13-10-7-8-12-14(10)9(3)5-2/h7-9H,4-6H2,1-3H3,(H,13,15). The topological polar surface area (TPSA) is 46.9 Å². The summed E-state index contributed by atoms with van der Waals surface area (Å²) in [5, 5.41) is 7.07. The van der Waals surface area contributed by atoms with Gasteiger partial charge in [0.1, 0.15) is 5.82 Å². The van der Waals surface area contributed by atoms with Gasteiger partial charge in [-0.15, -0.1) is 0 Å². The van der Waals surface area contributed by atoms with Gasteiger partial charge >= 0.3 is 0 Å².